The van der Waals surface area contributed by atoms with Crippen LogP contribution in [0.4, 0.5) is 5.13 Å². The van der Waals surface area contributed by atoms with E-state index in [1.807, 2.05) is 5.38 Å². The highest BCUT2D eigenvalue weighted by molar-refractivity contribution is 7.14. The van der Waals surface area contributed by atoms with Gasteiger partial charge in [-0.15, -0.1) is 11.3 Å². The van der Waals surface area contributed by atoms with Gasteiger partial charge < -0.3 is 5.32 Å². The summed E-state index contributed by atoms with van der Waals surface area (Å²) in [7, 11) is 0. The summed E-state index contributed by atoms with van der Waals surface area (Å²) >= 11 is 7.37. The van der Waals surface area contributed by atoms with Crippen LogP contribution >= 0.6 is 22.9 Å². The third-order valence-corrected chi connectivity index (χ3v) is 3.44. The Morgan fingerprint density at radius 2 is 2.20 bits per heavy atom. The Hall–Kier alpha value is -0.280. The fraction of sp³-hybridized carbons (Fsp3) is 0.727. The summed E-state index contributed by atoms with van der Waals surface area (Å²) in [6.07, 6.45) is 6.16. The first-order valence-corrected chi connectivity index (χ1v) is 6.89. The predicted molar refractivity (Wildman–Crippen MR) is 69.0 cm³/mol. The number of unbranched alkanes of at least 4 members (excludes halogenated alkanes) is 1. The Kier molecular flexibility index (Phi) is 6.03. The van der Waals surface area contributed by atoms with Crippen LogP contribution in [0.15, 0.2) is 5.38 Å². The number of hydrogen-bond donors (Lipinski definition) is 1. The summed E-state index contributed by atoms with van der Waals surface area (Å²) in [6.45, 7) is 4.44. The lowest BCUT2D eigenvalue weighted by atomic mass is 10.1. The van der Waals surface area contributed by atoms with Crippen LogP contribution in [0.2, 0.25) is 5.15 Å². The molecule has 1 rings (SSSR count). The number of nitrogens with zero attached hydrogens (tertiary/aromatic N) is 1. The summed E-state index contributed by atoms with van der Waals surface area (Å²) < 4.78 is 0. The van der Waals surface area contributed by atoms with E-state index in [1.165, 1.54) is 32.1 Å². The SMILES string of the molecule is CCCCC(CCC)Nc1nc(Cl)cs1. The molecule has 0 amide bonds. The van der Waals surface area contributed by atoms with E-state index in [2.05, 4.69) is 24.1 Å². The average Bonchev–Trinajstić information content (AvgIpc) is 2.61. The maximum atomic E-state index is 5.78. The van der Waals surface area contributed by atoms with Gasteiger partial charge in [-0.3, -0.25) is 0 Å². The van der Waals surface area contributed by atoms with Gasteiger partial charge in [0.1, 0.15) is 5.15 Å². The standard InChI is InChI=1S/C11H19ClN2S/c1-3-5-7-9(6-4-2)13-11-14-10(12)8-15-11/h8-9H,3-7H2,1-2H3,(H,13,14). The van der Waals surface area contributed by atoms with Crippen molar-refractivity contribution >= 4 is 28.1 Å². The normalized spacial score (nSPS) is 12.7. The van der Waals surface area contributed by atoms with Crippen LogP contribution in [0.3, 0.4) is 0 Å². The van der Waals surface area contributed by atoms with Crippen LogP contribution < -0.4 is 5.32 Å². The fourth-order valence-corrected chi connectivity index (χ4v) is 2.50. The molecule has 4 heteroatoms. The van der Waals surface area contributed by atoms with Gasteiger partial charge in [0, 0.05) is 11.4 Å². The van der Waals surface area contributed by atoms with Crippen molar-refractivity contribution in [3.63, 3.8) is 0 Å². The summed E-state index contributed by atoms with van der Waals surface area (Å²) in [5, 5.41) is 6.87. The Balaban J connectivity index is 2.42. The molecule has 0 aliphatic rings. The van der Waals surface area contributed by atoms with Crippen molar-refractivity contribution in [2.45, 2.75) is 52.0 Å². The van der Waals surface area contributed by atoms with E-state index in [-0.39, 0.29) is 0 Å². The van der Waals surface area contributed by atoms with Crippen molar-refractivity contribution in [3.8, 4) is 0 Å². The van der Waals surface area contributed by atoms with Gasteiger partial charge in [0.2, 0.25) is 0 Å². The molecular formula is C11H19ClN2S. The molecule has 1 aromatic heterocycles. The molecule has 0 saturated heterocycles. The van der Waals surface area contributed by atoms with E-state index in [0.717, 1.165) is 5.13 Å². The molecule has 0 spiro atoms. The Morgan fingerprint density at radius 3 is 2.73 bits per heavy atom. The van der Waals surface area contributed by atoms with E-state index in [9.17, 15) is 0 Å². The number of halogens is 1. The van der Waals surface area contributed by atoms with Crippen LogP contribution in [0.5, 0.6) is 0 Å². The van der Waals surface area contributed by atoms with Crippen LogP contribution in [0.25, 0.3) is 0 Å². The second-order valence-electron chi connectivity index (χ2n) is 3.75. The molecule has 0 bridgehead atoms. The van der Waals surface area contributed by atoms with E-state index >= 15 is 0 Å². The molecule has 1 heterocycles. The van der Waals surface area contributed by atoms with Crippen LogP contribution in [-0.4, -0.2) is 11.0 Å². The van der Waals surface area contributed by atoms with E-state index in [0.29, 0.717) is 11.2 Å². The minimum absolute atomic E-state index is 0.553. The molecule has 15 heavy (non-hydrogen) atoms. The highest BCUT2D eigenvalue weighted by Gasteiger charge is 2.08. The summed E-state index contributed by atoms with van der Waals surface area (Å²) in [5.74, 6) is 0. The molecule has 1 unspecified atom stereocenters. The summed E-state index contributed by atoms with van der Waals surface area (Å²) in [4.78, 5) is 4.21. The average molecular weight is 247 g/mol. The topological polar surface area (TPSA) is 24.9 Å². The van der Waals surface area contributed by atoms with Crippen LogP contribution in [0.1, 0.15) is 46.0 Å². The highest BCUT2D eigenvalue weighted by atomic mass is 35.5. The van der Waals surface area contributed by atoms with E-state index < -0.39 is 0 Å². The van der Waals surface area contributed by atoms with Gasteiger partial charge in [0.25, 0.3) is 0 Å². The largest absolute Gasteiger partial charge is 0.359 e. The van der Waals surface area contributed by atoms with Gasteiger partial charge in [-0.05, 0) is 12.8 Å². The Labute approximate surface area is 101 Å². The number of thiazole rings is 1. The second kappa shape index (κ2) is 7.07. The Morgan fingerprint density at radius 1 is 1.40 bits per heavy atom. The van der Waals surface area contributed by atoms with Gasteiger partial charge in [-0.25, -0.2) is 4.98 Å². The number of hydrogen-bond acceptors (Lipinski definition) is 3. The second-order valence-corrected chi connectivity index (χ2v) is 4.99. The van der Waals surface area contributed by atoms with Gasteiger partial charge in [0.15, 0.2) is 5.13 Å². The highest BCUT2D eigenvalue weighted by Crippen LogP contribution is 2.21. The molecule has 1 N–H and O–H groups in total. The van der Waals surface area contributed by atoms with Crippen molar-refractivity contribution in [1.29, 1.82) is 0 Å². The van der Waals surface area contributed by atoms with Crippen molar-refractivity contribution in [1.82, 2.24) is 4.98 Å². The lowest BCUT2D eigenvalue weighted by Crippen LogP contribution is -2.18. The lowest BCUT2D eigenvalue weighted by molar-refractivity contribution is 0.564. The lowest BCUT2D eigenvalue weighted by Gasteiger charge is -2.16. The molecular weight excluding hydrogens is 228 g/mol. The van der Waals surface area contributed by atoms with Gasteiger partial charge in [-0.2, -0.15) is 0 Å². The molecule has 0 radical (unpaired) electrons. The summed E-state index contributed by atoms with van der Waals surface area (Å²) in [6, 6.07) is 0.553. The van der Waals surface area contributed by atoms with Gasteiger partial charge in [-0.1, -0.05) is 44.7 Å². The molecule has 1 aromatic rings. The third kappa shape index (κ3) is 4.85. The maximum absolute atomic E-state index is 5.78. The van der Waals surface area contributed by atoms with Crippen molar-refractivity contribution in [3.05, 3.63) is 10.5 Å². The van der Waals surface area contributed by atoms with Crippen molar-refractivity contribution < 1.29 is 0 Å². The van der Waals surface area contributed by atoms with Crippen molar-refractivity contribution in [2.24, 2.45) is 0 Å². The van der Waals surface area contributed by atoms with Gasteiger partial charge >= 0.3 is 0 Å². The number of rotatable bonds is 7. The van der Waals surface area contributed by atoms with Gasteiger partial charge in [0.05, 0.1) is 0 Å². The number of nitrogens with one attached hydrogen (secondary N) is 1. The first-order valence-electron chi connectivity index (χ1n) is 5.63. The van der Waals surface area contributed by atoms with Crippen molar-refractivity contribution in [2.75, 3.05) is 5.32 Å². The summed E-state index contributed by atoms with van der Waals surface area (Å²) in [5.41, 5.74) is 0. The van der Waals surface area contributed by atoms with E-state index in [4.69, 9.17) is 11.6 Å². The minimum Gasteiger partial charge on any atom is -0.359 e. The maximum Gasteiger partial charge on any atom is 0.184 e. The third-order valence-electron chi connectivity index (χ3n) is 2.35. The molecule has 0 aliphatic heterocycles. The number of aromatic nitrogens is 1. The van der Waals surface area contributed by atoms with Crippen LogP contribution in [-0.2, 0) is 0 Å². The van der Waals surface area contributed by atoms with E-state index in [1.54, 1.807) is 11.3 Å². The monoisotopic (exact) mass is 246 g/mol. The Bertz CT molecular complexity index is 275. The molecule has 1 atom stereocenters. The molecule has 0 aliphatic carbocycles. The number of anilines is 1. The first-order chi connectivity index (χ1) is 7.26. The predicted octanol–water partition coefficient (Wildman–Crippen LogP) is 4.57. The fourth-order valence-electron chi connectivity index (χ4n) is 1.58. The molecule has 0 aromatic carbocycles. The zero-order chi connectivity index (χ0) is 11.1. The molecule has 0 fully saturated rings. The molecule has 86 valence electrons. The minimum atomic E-state index is 0.553. The first kappa shape index (κ1) is 12.8. The smallest absolute Gasteiger partial charge is 0.184 e. The zero-order valence-corrected chi connectivity index (χ0v) is 11.0. The zero-order valence-electron chi connectivity index (χ0n) is 9.42. The molecule has 0 saturated carbocycles. The molecule has 2 nitrogen and oxygen atoms in total. The quantitative estimate of drug-likeness (QED) is 0.763. The van der Waals surface area contributed by atoms with Crippen LogP contribution in [0, 0.1) is 0 Å².